The summed E-state index contributed by atoms with van der Waals surface area (Å²) in [5, 5.41) is -1.20. The minimum atomic E-state index is -4.67. The van der Waals surface area contributed by atoms with Crippen LogP contribution in [0.25, 0.3) is 0 Å². The van der Waals surface area contributed by atoms with E-state index in [-0.39, 0.29) is 16.2 Å². The van der Waals surface area contributed by atoms with Crippen LogP contribution in [-0.2, 0) is 6.18 Å². The van der Waals surface area contributed by atoms with E-state index in [4.69, 9.17) is 5.84 Å². The van der Waals surface area contributed by atoms with Crippen molar-refractivity contribution in [2.24, 2.45) is 5.84 Å². The first-order valence-corrected chi connectivity index (χ1v) is 5.01. The number of rotatable bonds is 3. The van der Waals surface area contributed by atoms with Crippen molar-refractivity contribution in [1.82, 2.24) is 10.4 Å². The zero-order valence-electron chi connectivity index (χ0n) is 8.06. The molecule has 0 bridgehead atoms. The Balaban J connectivity index is 2.87. The minimum Gasteiger partial charge on any atom is -0.271 e. The number of thiazole rings is 1. The normalized spacial score (nSPS) is 15.0. The predicted octanol–water partition coefficient (Wildman–Crippen LogP) is 2.62. The lowest BCUT2D eigenvalue weighted by atomic mass is 10.2. The molecular weight excluding hydrogens is 272 g/mol. The fraction of sp³-hybridized carbons (Fsp3) is 0.571. The van der Waals surface area contributed by atoms with Gasteiger partial charge >= 0.3 is 12.4 Å². The van der Waals surface area contributed by atoms with Crippen LogP contribution in [-0.4, -0.2) is 11.2 Å². The third-order valence-electron chi connectivity index (χ3n) is 1.75. The molecule has 3 nitrogen and oxygen atoms in total. The minimum absolute atomic E-state index is 0.135. The Morgan fingerprint density at radius 2 is 1.88 bits per heavy atom. The number of nitrogens with zero attached hydrogens (tertiary/aromatic N) is 1. The number of nitrogens with one attached hydrogen (secondary N) is 1. The van der Waals surface area contributed by atoms with Crippen molar-refractivity contribution in [3.05, 3.63) is 16.1 Å². The molecule has 1 aromatic rings. The highest BCUT2D eigenvalue weighted by Gasteiger charge is 2.37. The molecule has 1 unspecified atom stereocenters. The van der Waals surface area contributed by atoms with E-state index in [1.54, 1.807) is 0 Å². The highest BCUT2D eigenvalue weighted by molar-refractivity contribution is 7.11. The molecule has 0 radical (unpaired) electrons. The van der Waals surface area contributed by atoms with E-state index in [1.165, 1.54) is 0 Å². The molecule has 0 aromatic carbocycles. The molecule has 0 saturated carbocycles. The molecule has 10 heteroatoms. The summed E-state index contributed by atoms with van der Waals surface area (Å²) in [5.74, 6) is 4.88. The fourth-order valence-electron chi connectivity index (χ4n) is 1.05. The monoisotopic (exact) mass is 279 g/mol. The second-order valence-corrected chi connectivity index (χ2v) is 4.17. The van der Waals surface area contributed by atoms with Crippen LogP contribution in [0.2, 0.25) is 0 Å². The summed E-state index contributed by atoms with van der Waals surface area (Å²) in [6.45, 7) is 0. The summed E-state index contributed by atoms with van der Waals surface area (Å²) in [7, 11) is 0. The molecule has 98 valence electrons. The van der Waals surface area contributed by atoms with E-state index < -0.39 is 29.8 Å². The Bertz CT molecular complexity index is 370. The van der Waals surface area contributed by atoms with Gasteiger partial charge in [0, 0.05) is 11.1 Å². The molecule has 1 atom stereocenters. The van der Waals surface area contributed by atoms with E-state index in [2.05, 4.69) is 4.98 Å². The molecule has 0 aliphatic rings. The van der Waals surface area contributed by atoms with Crippen molar-refractivity contribution in [3.63, 3.8) is 0 Å². The first-order chi connectivity index (χ1) is 7.63. The van der Waals surface area contributed by atoms with Crippen molar-refractivity contribution in [1.29, 1.82) is 0 Å². The predicted molar refractivity (Wildman–Crippen MR) is 47.9 cm³/mol. The standard InChI is InChI=1S/C7H7F6N3S/c8-6(9,10)1-3(16-14)4-2-15-5(17-4)7(11,12)13/h2-3,16H,1,14H2. The Kier molecular flexibility index (Phi) is 3.99. The zero-order valence-corrected chi connectivity index (χ0v) is 8.88. The van der Waals surface area contributed by atoms with Crippen LogP contribution in [0.3, 0.4) is 0 Å². The second kappa shape index (κ2) is 4.78. The Morgan fingerprint density at radius 1 is 1.29 bits per heavy atom. The molecule has 0 saturated heterocycles. The van der Waals surface area contributed by atoms with Gasteiger partial charge < -0.3 is 0 Å². The first-order valence-electron chi connectivity index (χ1n) is 4.19. The lowest BCUT2D eigenvalue weighted by Crippen LogP contribution is -2.31. The zero-order chi connectivity index (χ0) is 13.3. The van der Waals surface area contributed by atoms with Gasteiger partial charge in [0.1, 0.15) is 0 Å². The number of halogens is 6. The highest BCUT2D eigenvalue weighted by atomic mass is 32.1. The van der Waals surface area contributed by atoms with E-state index in [1.807, 2.05) is 5.43 Å². The summed E-state index contributed by atoms with van der Waals surface area (Å²) in [5.41, 5.74) is 1.82. The van der Waals surface area contributed by atoms with Crippen molar-refractivity contribution >= 4 is 11.3 Å². The first kappa shape index (κ1) is 14.2. The van der Waals surface area contributed by atoms with Gasteiger partial charge in [-0.3, -0.25) is 11.3 Å². The second-order valence-electron chi connectivity index (χ2n) is 3.10. The number of aromatic nitrogens is 1. The molecule has 1 aromatic heterocycles. The van der Waals surface area contributed by atoms with Crippen LogP contribution in [0.15, 0.2) is 6.20 Å². The maximum Gasteiger partial charge on any atom is 0.443 e. The average Bonchev–Trinajstić information content (AvgIpc) is 2.60. The largest absolute Gasteiger partial charge is 0.443 e. The van der Waals surface area contributed by atoms with E-state index >= 15 is 0 Å². The third-order valence-corrected chi connectivity index (χ3v) is 2.90. The Labute approximate surface area is 95.6 Å². The fourth-order valence-corrected chi connectivity index (χ4v) is 1.90. The Morgan fingerprint density at radius 3 is 2.24 bits per heavy atom. The number of hydrogen-bond donors (Lipinski definition) is 2. The van der Waals surface area contributed by atoms with Crippen LogP contribution in [0.5, 0.6) is 0 Å². The van der Waals surface area contributed by atoms with Gasteiger partial charge in [0.25, 0.3) is 0 Å². The molecule has 0 amide bonds. The van der Waals surface area contributed by atoms with E-state index in [0.29, 0.717) is 0 Å². The number of hydrogen-bond acceptors (Lipinski definition) is 4. The topological polar surface area (TPSA) is 50.9 Å². The summed E-state index contributed by atoms with van der Waals surface area (Å²) in [6.07, 6.45) is -9.81. The number of nitrogens with two attached hydrogens (primary N) is 1. The lowest BCUT2D eigenvalue weighted by Gasteiger charge is -2.15. The molecule has 0 spiro atoms. The molecule has 0 aliphatic heterocycles. The Hall–Kier alpha value is -0.870. The van der Waals surface area contributed by atoms with Gasteiger partial charge in [0.05, 0.1) is 12.5 Å². The molecule has 1 heterocycles. The average molecular weight is 279 g/mol. The third kappa shape index (κ3) is 4.13. The van der Waals surface area contributed by atoms with E-state index in [0.717, 1.165) is 6.20 Å². The highest BCUT2D eigenvalue weighted by Crippen LogP contribution is 2.37. The molecule has 17 heavy (non-hydrogen) atoms. The van der Waals surface area contributed by atoms with Crippen molar-refractivity contribution < 1.29 is 26.3 Å². The quantitative estimate of drug-likeness (QED) is 0.508. The van der Waals surface area contributed by atoms with Crippen LogP contribution < -0.4 is 11.3 Å². The molecule has 3 N–H and O–H groups in total. The van der Waals surface area contributed by atoms with Crippen LogP contribution in [0, 0.1) is 0 Å². The molecule has 0 aliphatic carbocycles. The van der Waals surface area contributed by atoms with Crippen LogP contribution in [0.4, 0.5) is 26.3 Å². The lowest BCUT2D eigenvalue weighted by molar-refractivity contribution is -0.140. The van der Waals surface area contributed by atoms with Gasteiger partial charge in [-0.15, -0.1) is 11.3 Å². The molecule has 0 fully saturated rings. The van der Waals surface area contributed by atoms with Gasteiger partial charge in [-0.2, -0.15) is 26.3 Å². The van der Waals surface area contributed by atoms with Crippen LogP contribution >= 0.6 is 11.3 Å². The molecule has 1 rings (SSSR count). The van der Waals surface area contributed by atoms with Gasteiger partial charge in [0.2, 0.25) is 0 Å². The van der Waals surface area contributed by atoms with Crippen LogP contribution in [0.1, 0.15) is 22.3 Å². The maximum atomic E-state index is 12.2. The number of hydrazine groups is 1. The SMILES string of the molecule is NNC(CC(F)(F)F)c1cnc(C(F)(F)F)s1. The van der Waals surface area contributed by atoms with Crippen molar-refractivity contribution in [3.8, 4) is 0 Å². The van der Waals surface area contributed by atoms with Gasteiger partial charge in [-0.25, -0.2) is 4.98 Å². The maximum absolute atomic E-state index is 12.2. The summed E-state index contributed by atoms with van der Waals surface area (Å²) < 4.78 is 72.8. The summed E-state index contributed by atoms with van der Waals surface area (Å²) >= 11 is 0.135. The van der Waals surface area contributed by atoms with Gasteiger partial charge in [-0.1, -0.05) is 0 Å². The number of alkyl halides is 6. The summed E-state index contributed by atoms with van der Waals surface area (Å²) in [6, 6.07) is -1.43. The summed E-state index contributed by atoms with van der Waals surface area (Å²) in [4.78, 5) is 2.81. The van der Waals surface area contributed by atoms with Crippen molar-refractivity contribution in [2.45, 2.75) is 24.8 Å². The van der Waals surface area contributed by atoms with Crippen molar-refractivity contribution in [2.75, 3.05) is 0 Å². The van der Waals surface area contributed by atoms with Gasteiger partial charge in [0.15, 0.2) is 5.01 Å². The molecular formula is C7H7F6N3S. The van der Waals surface area contributed by atoms with E-state index in [9.17, 15) is 26.3 Å². The smallest absolute Gasteiger partial charge is 0.271 e. The van der Waals surface area contributed by atoms with Gasteiger partial charge in [-0.05, 0) is 0 Å².